The summed E-state index contributed by atoms with van der Waals surface area (Å²) in [5, 5.41) is 2.82. The molecule has 2 nitrogen and oxygen atoms in total. The van der Waals surface area contributed by atoms with E-state index >= 15 is 0 Å². The van der Waals surface area contributed by atoms with E-state index in [1.54, 1.807) is 5.56 Å². The maximum absolute atomic E-state index is 2.79. The van der Waals surface area contributed by atoms with Gasteiger partial charge < -0.3 is 9.80 Å². The van der Waals surface area contributed by atoms with Crippen molar-refractivity contribution < 1.29 is 0 Å². The van der Waals surface area contributed by atoms with Crippen LogP contribution < -0.4 is 26.2 Å². The van der Waals surface area contributed by atoms with Crippen molar-refractivity contribution in [3.05, 3.63) is 147 Å². The smallest absolute Gasteiger partial charge is 0.254 e. The van der Waals surface area contributed by atoms with Gasteiger partial charge in [-0.05, 0) is 245 Å². The second-order valence-electron chi connectivity index (χ2n) is 32.5. The Morgan fingerprint density at radius 3 is 1.41 bits per heavy atom. The summed E-state index contributed by atoms with van der Waals surface area (Å²) in [6, 6.07) is 38.8. The Morgan fingerprint density at radius 1 is 0.405 bits per heavy atom. The molecule has 0 atom stereocenters. The lowest BCUT2D eigenvalue weighted by Gasteiger charge is -2.48. The third kappa shape index (κ3) is 7.87. The van der Waals surface area contributed by atoms with E-state index in [2.05, 4.69) is 251 Å². The molecule has 0 fully saturated rings. The summed E-state index contributed by atoms with van der Waals surface area (Å²) in [6.45, 7) is 49.5. The quantitative estimate of drug-likeness (QED) is 0.163. The minimum Gasteiger partial charge on any atom is -0.311 e. The standard InChI is InChI=1S/C75H91BN2S/c1-44-35-61-65-62(36-44)78(59-26-22-46(67(2,3)4)38-48(59)45-21-24-50-52(37-45)70(9,10)29-27-68(50,5)6)66-64(49-40-54-57(43-63(49)79-66)75(19,20)34-31-72(54,13)14)76(65)58-41-55-56(74(17,18)33-32-73(55,15)16)42-60(58)77(61)47-23-25-51-53(39-47)71(11,12)30-28-69(51,7)8/h21-26,35-43H,27-34H2,1-20H3. The third-order valence-corrected chi connectivity index (χ3v) is 23.3. The maximum Gasteiger partial charge on any atom is 0.254 e. The summed E-state index contributed by atoms with van der Waals surface area (Å²) in [5.41, 5.74) is 29.0. The van der Waals surface area contributed by atoms with Crippen LogP contribution in [0.4, 0.5) is 33.4 Å². The van der Waals surface area contributed by atoms with Crippen molar-refractivity contribution >= 4 is 78.0 Å². The largest absolute Gasteiger partial charge is 0.311 e. The van der Waals surface area contributed by atoms with E-state index in [4.69, 9.17) is 0 Å². The Bertz CT molecular complexity index is 3760. The van der Waals surface area contributed by atoms with Gasteiger partial charge in [0.15, 0.2) is 0 Å². The van der Waals surface area contributed by atoms with Crippen LogP contribution in [0.2, 0.25) is 0 Å². The van der Waals surface area contributed by atoms with E-state index in [-0.39, 0.29) is 55.4 Å². The van der Waals surface area contributed by atoms with Gasteiger partial charge in [-0.25, -0.2) is 0 Å². The molecular formula is C75H91BN2S. The molecule has 6 aromatic carbocycles. The van der Waals surface area contributed by atoms with Gasteiger partial charge in [0.1, 0.15) is 0 Å². The van der Waals surface area contributed by atoms with Crippen LogP contribution in [0.3, 0.4) is 0 Å². The Morgan fingerprint density at radius 2 is 0.861 bits per heavy atom. The highest BCUT2D eigenvalue weighted by Crippen LogP contribution is 2.57. The van der Waals surface area contributed by atoms with E-state index < -0.39 is 0 Å². The number of hydrogen-bond donors (Lipinski definition) is 0. The predicted octanol–water partition coefficient (Wildman–Crippen LogP) is 19.7. The normalized spacial score (nSPS) is 21.7. The molecule has 13 rings (SSSR count). The zero-order valence-electron chi connectivity index (χ0n) is 52.2. The molecule has 0 unspecified atom stereocenters. The molecule has 7 aromatic rings. The Kier molecular flexibility index (Phi) is 11.2. The lowest BCUT2D eigenvalue weighted by Crippen LogP contribution is -2.61. The van der Waals surface area contributed by atoms with Gasteiger partial charge in [-0.2, -0.15) is 0 Å². The molecule has 4 heteroatoms. The molecule has 1 aromatic heterocycles. The first-order valence-corrected chi connectivity index (χ1v) is 31.4. The van der Waals surface area contributed by atoms with E-state index in [1.807, 2.05) is 0 Å². The molecule has 79 heavy (non-hydrogen) atoms. The SMILES string of the molecule is Cc1cc2c3c(c1)N(c1ccc(C(C)(C)C)cc1-c1ccc4c(c1)C(C)(C)CCC4(C)C)c1sc4cc5c(cc4c1B3c1cc3c(cc1N2c1ccc2c(c1)C(C)(C)CCC2(C)C)C(C)(C)CCC3(C)C)C(C)(C)CCC5(C)C. The summed E-state index contributed by atoms with van der Waals surface area (Å²) in [6.07, 6.45) is 9.52. The topological polar surface area (TPSA) is 6.48 Å². The van der Waals surface area contributed by atoms with Gasteiger partial charge in [-0.15, -0.1) is 11.3 Å². The Hall–Kier alpha value is -5.06. The number of aryl methyl sites for hydroxylation is 1. The molecule has 0 spiro atoms. The number of hydrogen-bond acceptors (Lipinski definition) is 3. The van der Waals surface area contributed by atoms with Crippen LogP contribution in [0.5, 0.6) is 0 Å². The van der Waals surface area contributed by atoms with Crippen LogP contribution in [0.25, 0.3) is 21.2 Å². The molecule has 0 saturated carbocycles. The van der Waals surface area contributed by atoms with Crippen LogP contribution in [-0.4, -0.2) is 6.71 Å². The van der Waals surface area contributed by atoms with Gasteiger partial charge >= 0.3 is 0 Å². The first kappa shape index (κ1) is 53.3. The van der Waals surface area contributed by atoms with Crippen molar-refractivity contribution in [2.75, 3.05) is 9.80 Å². The van der Waals surface area contributed by atoms with Crippen molar-refractivity contribution in [2.24, 2.45) is 0 Å². The number of thiophene rings is 1. The number of anilines is 6. The van der Waals surface area contributed by atoms with Crippen molar-refractivity contribution in [1.29, 1.82) is 0 Å². The zero-order chi connectivity index (χ0) is 56.5. The van der Waals surface area contributed by atoms with Crippen LogP contribution in [0.15, 0.2) is 91.0 Å². The number of benzene rings is 6. The molecule has 2 aliphatic heterocycles. The predicted molar refractivity (Wildman–Crippen MR) is 346 cm³/mol. The molecular weight excluding hydrogens is 972 g/mol. The van der Waals surface area contributed by atoms with E-state index in [9.17, 15) is 0 Å². The van der Waals surface area contributed by atoms with Gasteiger partial charge in [0.05, 0.1) is 10.7 Å². The molecule has 6 aliphatic rings. The van der Waals surface area contributed by atoms with Gasteiger partial charge in [-0.3, -0.25) is 0 Å². The molecule has 0 radical (unpaired) electrons. The fourth-order valence-corrected chi connectivity index (χ4v) is 17.5. The van der Waals surface area contributed by atoms with Gasteiger partial charge in [0.2, 0.25) is 0 Å². The van der Waals surface area contributed by atoms with Crippen LogP contribution in [0, 0.1) is 6.92 Å². The van der Waals surface area contributed by atoms with E-state index in [0.29, 0.717) is 0 Å². The van der Waals surface area contributed by atoms with Crippen molar-refractivity contribution in [1.82, 2.24) is 0 Å². The van der Waals surface area contributed by atoms with E-state index in [1.165, 1.54) is 172 Å². The van der Waals surface area contributed by atoms with Gasteiger partial charge in [-0.1, -0.05) is 168 Å². The highest BCUT2D eigenvalue weighted by molar-refractivity contribution is 7.26. The average Bonchev–Trinajstić information content (AvgIpc) is 2.94. The summed E-state index contributed by atoms with van der Waals surface area (Å²) in [5.74, 6) is 0. The number of rotatable bonds is 3. The van der Waals surface area contributed by atoms with E-state index in [0.717, 1.165) is 0 Å². The Balaban J connectivity index is 1.17. The van der Waals surface area contributed by atoms with Gasteiger partial charge in [0.25, 0.3) is 6.71 Å². The molecule has 410 valence electrons. The first-order chi connectivity index (χ1) is 36.6. The first-order valence-electron chi connectivity index (χ1n) is 30.6. The highest BCUT2D eigenvalue weighted by atomic mass is 32.1. The fraction of sp³-hybridized carbons (Fsp3) is 0.493. The minimum absolute atomic E-state index is 0.0258. The molecule has 0 saturated heterocycles. The fourth-order valence-electron chi connectivity index (χ4n) is 16.2. The van der Waals surface area contributed by atoms with Crippen LogP contribution in [0.1, 0.15) is 239 Å². The summed E-state index contributed by atoms with van der Waals surface area (Å²) < 4.78 is 1.42. The highest BCUT2D eigenvalue weighted by Gasteiger charge is 2.50. The van der Waals surface area contributed by atoms with Crippen LogP contribution >= 0.6 is 11.3 Å². The average molecular weight is 1060 g/mol. The molecule has 0 amide bonds. The van der Waals surface area contributed by atoms with Gasteiger partial charge in [0, 0.05) is 33.0 Å². The lowest BCUT2D eigenvalue weighted by molar-refractivity contribution is 0.332. The zero-order valence-corrected chi connectivity index (χ0v) is 53.0. The number of nitrogens with zero attached hydrogens (tertiary/aromatic N) is 2. The minimum atomic E-state index is -0.0377. The molecule has 4 aliphatic carbocycles. The summed E-state index contributed by atoms with van der Waals surface area (Å²) in [4.78, 5) is 5.55. The third-order valence-electron chi connectivity index (χ3n) is 22.1. The number of fused-ring (bicyclic) bond motifs is 10. The monoisotopic (exact) mass is 1060 g/mol. The molecule has 0 bridgehead atoms. The summed E-state index contributed by atoms with van der Waals surface area (Å²) in [7, 11) is 0. The Labute approximate surface area is 481 Å². The van der Waals surface area contributed by atoms with Crippen molar-refractivity contribution in [3.8, 4) is 11.1 Å². The maximum atomic E-state index is 2.79. The van der Waals surface area contributed by atoms with Crippen LogP contribution in [-0.2, 0) is 48.7 Å². The molecule has 3 heterocycles. The lowest BCUT2D eigenvalue weighted by atomic mass is 9.33. The molecule has 0 N–H and O–H groups in total. The summed E-state index contributed by atoms with van der Waals surface area (Å²) >= 11 is 2.06. The second-order valence-corrected chi connectivity index (χ2v) is 33.6. The van der Waals surface area contributed by atoms with Crippen molar-refractivity contribution in [2.45, 2.75) is 239 Å². The van der Waals surface area contributed by atoms with Crippen molar-refractivity contribution in [3.63, 3.8) is 0 Å². The second kappa shape index (κ2) is 16.6.